The number of nitrogens with one attached hydrogen (secondary N) is 1. The van der Waals surface area contributed by atoms with Gasteiger partial charge in [-0.15, -0.1) is 0 Å². The largest absolute Gasteiger partial charge is 0.487 e. The Kier molecular flexibility index (Phi) is 5.52. The van der Waals surface area contributed by atoms with Crippen LogP contribution in [-0.2, 0) is 13.5 Å². The van der Waals surface area contributed by atoms with Crippen LogP contribution in [-0.4, -0.2) is 51.2 Å². The van der Waals surface area contributed by atoms with Crippen LogP contribution >= 0.6 is 0 Å². The Morgan fingerprint density at radius 3 is 2.67 bits per heavy atom. The van der Waals surface area contributed by atoms with E-state index in [-0.39, 0.29) is 11.4 Å². The highest BCUT2D eigenvalue weighted by molar-refractivity contribution is 6.04. The van der Waals surface area contributed by atoms with Gasteiger partial charge in [0.1, 0.15) is 22.8 Å². The molecule has 3 aromatic rings. The minimum absolute atomic E-state index is 0.0944. The van der Waals surface area contributed by atoms with Crippen LogP contribution in [0, 0.1) is 5.82 Å². The highest BCUT2D eigenvalue weighted by atomic mass is 19.1. The van der Waals surface area contributed by atoms with Gasteiger partial charge in [0, 0.05) is 57.0 Å². The Morgan fingerprint density at radius 1 is 1.27 bits per heavy atom. The number of anilines is 1. The zero-order chi connectivity index (χ0) is 23.9. The number of amides is 2. The van der Waals surface area contributed by atoms with Crippen LogP contribution in [0.5, 0.6) is 17.2 Å². The second-order valence-electron chi connectivity index (χ2n) is 8.62. The number of carbonyl (C=O) groups is 2. The number of ether oxygens (including phenoxy) is 2. The SMILES string of the molecule is CN(C)C(=O)c1ncc(Oc2cc(C(=O)Nc3ccn(C)n3)cc3c2CC(C)(C)O3)cc1F. The summed E-state index contributed by atoms with van der Waals surface area (Å²) in [6.45, 7) is 3.85. The molecule has 2 amide bonds. The van der Waals surface area contributed by atoms with E-state index in [2.05, 4.69) is 15.4 Å². The van der Waals surface area contributed by atoms with Gasteiger partial charge in [-0.2, -0.15) is 5.10 Å². The van der Waals surface area contributed by atoms with E-state index in [9.17, 15) is 14.0 Å². The molecule has 1 aromatic carbocycles. The molecule has 0 atom stereocenters. The number of aromatic nitrogens is 3. The van der Waals surface area contributed by atoms with Gasteiger partial charge in [0.25, 0.3) is 11.8 Å². The predicted molar refractivity (Wildman–Crippen MR) is 118 cm³/mol. The minimum Gasteiger partial charge on any atom is -0.487 e. The molecular weight excluding hydrogens is 429 g/mol. The molecular formula is C23H24FN5O4. The van der Waals surface area contributed by atoms with E-state index in [1.54, 1.807) is 36.1 Å². The van der Waals surface area contributed by atoms with E-state index >= 15 is 0 Å². The average Bonchev–Trinajstić information content (AvgIpc) is 3.28. The van der Waals surface area contributed by atoms with Crippen molar-refractivity contribution in [2.45, 2.75) is 25.9 Å². The van der Waals surface area contributed by atoms with Crippen LogP contribution in [0.25, 0.3) is 0 Å². The predicted octanol–water partition coefficient (Wildman–Crippen LogP) is 3.41. The lowest BCUT2D eigenvalue weighted by Crippen LogP contribution is -2.24. The summed E-state index contributed by atoms with van der Waals surface area (Å²) in [5.74, 6) is -0.401. The molecule has 1 aliphatic rings. The quantitative estimate of drug-likeness (QED) is 0.636. The summed E-state index contributed by atoms with van der Waals surface area (Å²) in [5.41, 5.74) is 0.246. The highest BCUT2D eigenvalue weighted by Crippen LogP contribution is 2.43. The molecule has 0 spiro atoms. The van der Waals surface area contributed by atoms with Crippen LogP contribution in [0.4, 0.5) is 10.2 Å². The molecule has 0 bridgehead atoms. The number of aryl methyl sites for hydroxylation is 1. The van der Waals surface area contributed by atoms with Crippen molar-refractivity contribution in [2.75, 3.05) is 19.4 Å². The summed E-state index contributed by atoms with van der Waals surface area (Å²) in [7, 11) is 4.78. The van der Waals surface area contributed by atoms with E-state index in [0.717, 1.165) is 11.6 Å². The van der Waals surface area contributed by atoms with Gasteiger partial charge >= 0.3 is 0 Å². The number of carbonyl (C=O) groups excluding carboxylic acids is 2. The monoisotopic (exact) mass is 453 g/mol. The maximum Gasteiger partial charge on any atom is 0.274 e. The standard InChI is InChI=1S/C23H24FN5O4/c1-23(2)11-15-17(32-14-10-16(24)20(25-12-14)22(31)28(3)4)8-13(9-18(15)33-23)21(30)26-19-6-7-29(5)27-19/h6-10,12H,11H2,1-5H3,(H,26,27,30). The second kappa shape index (κ2) is 8.19. The van der Waals surface area contributed by atoms with Gasteiger partial charge in [-0.3, -0.25) is 14.3 Å². The number of hydrogen-bond acceptors (Lipinski definition) is 6. The number of hydrogen-bond donors (Lipinski definition) is 1. The van der Waals surface area contributed by atoms with E-state index in [1.807, 2.05) is 13.8 Å². The Balaban J connectivity index is 1.67. The van der Waals surface area contributed by atoms with Crippen molar-refractivity contribution in [3.63, 3.8) is 0 Å². The number of rotatable bonds is 5. The molecule has 0 fully saturated rings. The first kappa shape index (κ1) is 22.3. The summed E-state index contributed by atoms with van der Waals surface area (Å²) in [5, 5.41) is 6.87. The maximum atomic E-state index is 14.5. The van der Waals surface area contributed by atoms with Crippen LogP contribution in [0.15, 0.2) is 36.7 Å². The van der Waals surface area contributed by atoms with Crippen molar-refractivity contribution >= 4 is 17.6 Å². The van der Waals surface area contributed by atoms with E-state index in [0.29, 0.717) is 29.3 Å². The normalized spacial score (nSPS) is 13.8. The molecule has 1 aliphatic heterocycles. The van der Waals surface area contributed by atoms with Crippen molar-refractivity contribution < 1.29 is 23.5 Å². The third kappa shape index (κ3) is 4.64. The molecule has 172 valence electrons. The number of benzene rings is 1. The molecule has 3 heterocycles. The number of nitrogens with zero attached hydrogens (tertiary/aromatic N) is 4. The van der Waals surface area contributed by atoms with Gasteiger partial charge in [0.2, 0.25) is 0 Å². The van der Waals surface area contributed by atoms with Gasteiger partial charge in [0.05, 0.1) is 6.20 Å². The zero-order valence-electron chi connectivity index (χ0n) is 19.0. The number of halogens is 1. The van der Waals surface area contributed by atoms with Gasteiger partial charge in [-0.05, 0) is 26.0 Å². The number of pyridine rings is 1. The fourth-order valence-corrected chi connectivity index (χ4v) is 3.51. The Bertz CT molecular complexity index is 1250. The first-order valence-corrected chi connectivity index (χ1v) is 10.2. The maximum absolute atomic E-state index is 14.5. The van der Waals surface area contributed by atoms with Crippen LogP contribution < -0.4 is 14.8 Å². The molecule has 0 aliphatic carbocycles. The summed E-state index contributed by atoms with van der Waals surface area (Å²) in [6, 6.07) is 5.98. The summed E-state index contributed by atoms with van der Waals surface area (Å²) >= 11 is 0. The molecule has 33 heavy (non-hydrogen) atoms. The third-order valence-electron chi connectivity index (χ3n) is 5.03. The van der Waals surface area contributed by atoms with E-state index in [4.69, 9.17) is 9.47 Å². The summed E-state index contributed by atoms with van der Waals surface area (Å²) in [4.78, 5) is 30.0. The first-order chi connectivity index (χ1) is 15.5. The van der Waals surface area contributed by atoms with E-state index in [1.165, 1.54) is 25.2 Å². The topological polar surface area (TPSA) is 98.6 Å². The lowest BCUT2D eigenvalue weighted by atomic mass is 9.99. The molecule has 0 saturated carbocycles. The Labute approximate surface area is 190 Å². The Hall–Kier alpha value is -3.95. The van der Waals surface area contributed by atoms with Gasteiger partial charge in [-0.1, -0.05) is 0 Å². The van der Waals surface area contributed by atoms with Crippen molar-refractivity contribution in [1.82, 2.24) is 19.7 Å². The zero-order valence-corrected chi connectivity index (χ0v) is 19.0. The smallest absolute Gasteiger partial charge is 0.274 e. The fraction of sp³-hybridized carbons (Fsp3) is 0.304. The van der Waals surface area contributed by atoms with E-state index < -0.39 is 23.2 Å². The second-order valence-corrected chi connectivity index (χ2v) is 8.62. The van der Waals surface area contributed by atoms with Gasteiger partial charge in [0.15, 0.2) is 17.3 Å². The van der Waals surface area contributed by atoms with Crippen molar-refractivity contribution in [2.24, 2.45) is 7.05 Å². The van der Waals surface area contributed by atoms with Crippen molar-refractivity contribution in [1.29, 1.82) is 0 Å². The van der Waals surface area contributed by atoms with Crippen LogP contribution in [0.3, 0.4) is 0 Å². The molecule has 4 rings (SSSR count). The third-order valence-corrected chi connectivity index (χ3v) is 5.03. The van der Waals surface area contributed by atoms with Crippen molar-refractivity contribution in [3.05, 3.63) is 59.3 Å². The first-order valence-electron chi connectivity index (χ1n) is 10.2. The van der Waals surface area contributed by atoms with Crippen LogP contribution in [0.1, 0.15) is 40.3 Å². The Morgan fingerprint density at radius 2 is 2.03 bits per heavy atom. The minimum atomic E-state index is -0.802. The molecule has 0 saturated heterocycles. The van der Waals surface area contributed by atoms with Gasteiger partial charge < -0.3 is 19.7 Å². The number of fused-ring (bicyclic) bond motifs is 1. The molecule has 1 N–H and O–H groups in total. The van der Waals surface area contributed by atoms with Crippen LogP contribution in [0.2, 0.25) is 0 Å². The lowest BCUT2D eigenvalue weighted by molar-refractivity contribution is 0.0816. The molecule has 10 heteroatoms. The highest BCUT2D eigenvalue weighted by Gasteiger charge is 2.34. The summed E-state index contributed by atoms with van der Waals surface area (Å²) in [6.07, 6.45) is 3.52. The summed E-state index contributed by atoms with van der Waals surface area (Å²) < 4.78 is 28.0. The molecule has 2 aromatic heterocycles. The average molecular weight is 453 g/mol. The fourth-order valence-electron chi connectivity index (χ4n) is 3.51. The molecule has 0 radical (unpaired) electrons. The molecule has 0 unspecified atom stereocenters. The molecule has 9 nitrogen and oxygen atoms in total. The lowest BCUT2D eigenvalue weighted by Gasteiger charge is -2.16. The van der Waals surface area contributed by atoms with Crippen molar-refractivity contribution in [3.8, 4) is 17.2 Å². The van der Waals surface area contributed by atoms with Gasteiger partial charge in [-0.25, -0.2) is 9.37 Å².